The van der Waals surface area contributed by atoms with Crippen LogP contribution >= 0.6 is 16.7 Å². The van der Waals surface area contributed by atoms with Gasteiger partial charge in [0.15, 0.2) is 0 Å². The van der Waals surface area contributed by atoms with E-state index in [1.54, 1.807) is 0 Å². The van der Waals surface area contributed by atoms with Crippen molar-refractivity contribution in [3.05, 3.63) is 0 Å². The SMILES string of the molecule is CC(C)N1P(N(C(C)C)[Si](C)(C)C)N(C(C)C)P1N(C(C)C)[Si](C)(C)C. The first kappa shape index (κ1) is 25.2. The lowest BCUT2D eigenvalue weighted by atomic mass is 10.4. The zero-order chi connectivity index (χ0) is 20.8. The lowest BCUT2D eigenvalue weighted by molar-refractivity contribution is 0.339. The molecule has 0 aromatic carbocycles. The highest BCUT2D eigenvalue weighted by Crippen LogP contribution is 2.82. The molecule has 8 heteroatoms. The fraction of sp³-hybridized carbons (Fsp3) is 1.00. The van der Waals surface area contributed by atoms with Gasteiger partial charge in [0.1, 0.15) is 33.2 Å². The van der Waals surface area contributed by atoms with Gasteiger partial charge in [-0.3, -0.25) is 8.67 Å². The van der Waals surface area contributed by atoms with E-state index in [1.165, 1.54) is 0 Å². The van der Waals surface area contributed by atoms with E-state index in [-0.39, 0.29) is 16.7 Å². The van der Waals surface area contributed by atoms with Crippen LogP contribution in [0.4, 0.5) is 0 Å². The van der Waals surface area contributed by atoms with Crippen molar-refractivity contribution in [2.75, 3.05) is 0 Å². The normalized spacial score (nSPS) is 24.0. The molecule has 0 spiro atoms. The highest BCUT2D eigenvalue weighted by Gasteiger charge is 2.59. The summed E-state index contributed by atoms with van der Waals surface area (Å²) in [4.78, 5) is 0. The summed E-state index contributed by atoms with van der Waals surface area (Å²) in [6.45, 7) is 34.4. The van der Waals surface area contributed by atoms with Crippen molar-refractivity contribution in [3.63, 3.8) is 0 Å². The van der Waals surface area contributed by atoms with Crippen molar-refractivity contribution in [2.24, 2.45) is 0 Å². The molecule has 0 aromatic rings. The molecule has 0 radical (unpaired) electrons. The fourth-order valence-corrected chi connectivity index (χ4v) is 19.8. The number of hydrogen-bond acceptors (Lipinski definition) is 4. The lowest BCUT2D eigenvalue weighted by Crippen LogP contribution is -2.62. The van der Waals surface area contributed by atoms with Crippen LogP contribution in [0.5, 0.6) is 0 Å². The van der Waals surface area contributed by atoms with Crippen LogP contribution in [0.15, 0.2) is 0 Å². The predicted octanol–water partition coefficient (Wildman–Crippen LogP) is 6.97. The molecule has 0 amide bonds. The number of hydrogen-bond donors (Lipinski definition) is 0. The van der Waals surface area contributed by atoms with Gasteiger partial charge in [0.25, 0.3) is 0 Å². The van der Waals surface area contributed by atoms with Crippen LogP contribution in [0.1, 0.15) is 55.4 Å². The molecule has 0 bridgehead atoms. The Hall–Kier alpha value is 1.13. The third-order valence-corrected chi connectivity index (χ3v) is 19.8. The smallest absolute Gasteiger partial charge is 0.126 e. The third-order valence-electron chi connectivity index (χ3n) is 4.40. The first-order valence-electron chi connectivity index (χ1n) is 10.3. The molecule has 1 aliphatic heterocycles. The molecule has 1 fully saturated rings. The molecule has 4 nitrogen and oxygen atoms in total. The van der Waals surface area contributed by atoms with Gasteiger partial charge in [-0.1, -0.05) is 67.0 Å². The Balaban J connectivity index is 3.46. The summed E-state index contributed by atoms with van der Waals surface area (Å²) < 4.78 is 11.7. The second-order valence-electron chi connectivity index (χ2n) is 10.6. The van der Waals surface area contributed by atoms with Crippen LogP contribution in [0.2, 0.25) is 39.3 Å². The van der Waals surface area contributed by atoms with Crippen LogP contribution in [-0.2, 0) is 0 Å². The quantitative estimate of drug-likeness (QED) is 0.301. The molecule has 1 aliphatic rings. The molecular formula is C18H46N4P2Si2. The van der Waals surface area contributed by atoms with Crippen molar-refractivity contribution in [3.8, 4) is 0 Å². The van der Waals surface area contributed by atoms with E-state index in [0.717, 1.165) is 0 Å². The molecular weight excluding hydrogens is 390 g/mol. The molecule has 0 saturated carbocycles. The maximum atomic E-state index is 2.92. The van der Waals surface area contributed by atoms with Crippen molar-refractivity contribution in [1.29, 1.82) is 0 Å². The van der Waals surface area contributed by atoms with Gasteiger partial charge in [0.2, 0.25) is 0 Å². The van der Waals surface area contributed by atoms with E-state index < -0.39 is 16.5 Å². The zero-order valence-electron chi connectivity index (χ0n) is 20.0. The molecule has 1 saturated heterocycles. The number of rotatable bonds is 8. The maximum absolute atomic E-state index is 2.92. The summed E-state index contributed by atoms with van der Waals surface area (Å²) in [5.74, 6) is 0. The summed E-state index contributed by atoms with van der Waals surface area (Å²) in [6, 6.07) is 2.40. The number of nitrogens with zero attached hydrogens (tertiary/aromatic N) is 4. The Morgan fingerprint density at radius 1 is 0.538 bits per heavy atom. The third kappa shape index (κ3) is 5.19. The van der Waals surface area contributed by atoms with Crippen molar-refractivity contribution in [2.45, 2.75) is 119 Å². The second-order valence-corrected chi connectivity index (χ2v) is 25.3. The monoisotopic (exact) mass is 436 g/mol. The molecule has 0 atom stereocenters. The van der Waals surface area contributed by atoms with Crippen LogP contribution in [-0.4, -0.2) is 58.2 Å². The molecule has 0 N–H and O–H groups in total. The van der Waals surface area contributed by atoms with Crippen LogP contribution in [0.3, 0.4) is 0 Å². The minimum atomic E-state index is -1.41. The Morgan fingerprint density at radius 3 is 0.885 bits per heavy atom. The summed E-state index contributed by atoms with van der Waals surface area (Å²) in [7, 11) is -3.56. The van der Waals surface area contributed by atoms with E-state index in [0.29, 0.717) is 24.2 Å². The molecule has 1 rings (SSSR count). The van der Waals surface area contributed by atoms with E-state index in [2.05, 4.69) is 112 Å². The predicted molar refractivity (Wildman–Crippen MR) is 128 cm³/mol. The van der Waals surface area contributed by atoms with E-state index >= 15 is 0 Å². The Labute approximate surface area is 169 Å². The second kappa shape index (κ2) is 8.87. The van der Waals surface area contributed by atoms with E-state index in [4.69, 9.17) is 0 Å². The minimum Gasteiger partial charge on any atom is -0.276 e. The van der Waals surface area contributed by atoms with E-state index in [1.807, 2.05) is 0 Å². The summed E-state index contributed by atoms with van der Waals surface area (Å²) in [5.41, 5.74) is 0. The van der Waals surface area contributed by atoms with E-state index in [9.17, 15) is 0 Å². The molecule has 26 heavy (non-hydrogen) atoms. The maximum Gasteiger partial charge on any atom is 0.126 e. The van der Waals surface area contributed by atoms with Gasteiger partial charge in [-0.15, -0.1) is 0 Å². The minimum absolute atomic E-state index is 0.367. The average Bonchev–Trinajstić information content (AvgIpc) is 2.31. The van der Waals surface area contributed by atoms with Crippen molar-refractivity contribution < 1.29 is 0 Å². The van der Waals surface area contributed by atoms with Gasteiger partial charge in [0.05, 0.1) is 0 Å². The largest absolute Gasteiger partial charge is 0.276 e. The Bertz CT molecular complexity index is 411. The Morgan fingerprint density at radius 2 is 0.769 bits per heavy atom. The highest BCUT2D eigenvalue weighted by molar-refractivity contribution is 7.81. The first-order valence-corrected chi connectivity index (χ1v) is 19.6. The van der Waals surface area contributed by atoms with Gasteiger partial charge >= 0.3 is 0 Å². The summed E-state index contributed by atoms with van der Waals surface area (Å²) >= 11 is 0. The van der Waals surface area contributed by atoms with Gasteiger partial charge in [0, 0.05) is 24.2 Å². The van der Waals surface area contributed by atoms with Gasteiger partial charge in [-0.2, -0.15) is 0 Å². The molecule has 0 aliphatic carbocycles. The average molecular weight is 437 g/mol. The summed E-state index contributed by atoms with van der Waals surface area (Å²) in [5, 5.41) is 0. The van der Waals surface area contributed by atoms with Crippen LogP contribution in [0.25, 0.3) is 0 Å². The molecule has 0 aromatic heterocycles. The van der Waals surface area contributed by atoms with Crippen LogP contribution < -0.4 is 0 Å². The zero-order valence-corrected chi connectivity index (χ0v) is 23.8. The summed E-state index contributed by atoms with van der Waals surface area (Å²) in [6.07, 6.45) is 0. The molecule has 1 heterocycles. The Kier molecular flexibility index (Phi) is 8.59. The lowest BCUT2D eigenvalue weighted by Gasteiger charge is -2.68. The fourth-order valence-electron chi connectivity index (χ4n) is 4.02. The van der Waals surface area contributed by atoms with Crippen molar-refractivity contribution in [1.82, 2.24) is 17.6 Å². The first-order chi connectivity index (χ1) is 11.5. The molecule has 0 unspecified atom stereocenters. The molecule has 156 valence electrons. The van der Waals surface area contributed by atoms with Crippen molar-refractivity contribution >= 4 is 33.2 Å². The van der Waals surface area contributed by atoms with Gasteiger partial charge in [-0.25, -0.2) is 8.88 Å². The van der Waals surface area contributed by atoms with Crippen LogP contribution in [0, 0.1) is 0 Å². The topological polar surface area (TPSA) is 13.0 Å². The standard InChI is InChI=1S/C18H46N4P2Si2/c1-15(2)19-23(21(17(5)6)25(9,10)11)20(16(3)4)24(19)22(18(7)8)26(12,13)14/h15-18H,1-14H3. The van der Waals surface area contributed by atoms with Gasteiger partial charge in [-0.05, 0) is 27.7 Å². The highest BCUT2D eigenvalue weighted by atomic mass is 31.3. The van der Waals surface area contributed by atoms with Gasteiger partial charge < -0.3 is 0 Å².